The molecule has 2 N–H and O–H groups in total. The molecule has 3 aromatic rings. The summed E-state index contributed by atoms with van der Waals surface area (Å²) < 4.78 is 16.1. The molecular formula is C24H30FIN6. The van der Waals surface area contributed by atoms with E-state index in [1.165, 1.54) is 5.56 Å². The monoisotopic (exact) mass is 548 g/mol. The number of aromatic nitrogens is 2. The highest BCUT2D eigenvalue weighted by molar-refractivity contribution is 14.0. The van der Waals surface area contributed by atoms with E-state index >= 15 is 0 Å². The van der Waals surface area contributed by atoms with Crippen molar-refractivity contribution in [1.82, 2.24) is 25.1 Å². The summed E-state index contributed by atoms with van der Waals surface area (Å²) in [5, 5.41) is 6.83. The first-order valence-electron chi connectivity index (χ1n) is 10.6. The number of nitrogens with zero attached hydrogens (tertiary/aromatic N) is 4. The van der Waals surface area contributed by atoms with Crippen molar-refractivity contribution in [1.29, 1.82) is 0 Å². The van der Waals surface area contributed by atoms with Gasteiger partial charge in [0.25, 0.3) is 0 Å². The molecule has 2 heterocycles. The lowest BCUT2D eigenvalue weighted by molar-refractivity contribution is 0.258. The Morgan fingerprint density at radius 3 is 2.69 bits per heavy atom. The normalized spacial score (nSPS) is 18.9. The van der Waals surface area contributed by atoms with Gasteiger partial charge in [0.1, 0.15) is 5.82 Å². The van der Waals surface area contributed by atoms with Crippen molar-refractivity contribution < 1.29 is 4.39 Å². The van der Waals surface area contributed by atoms with Crippen molar-refractivity contribution in [2.45, 2.75) is 38.5 Å². The average molecular weight is 548 g/mol. The van der Waals surface area contributed by atoms with Gasteiger partial charge in [0, 0.05) is 51.2 Å². The molecule has 0 radical (unpaired) electrons. The van der Waals surface area contributed by atoms with Crippen LogP contribution >= 0.6 is 24.0 Å². The van der Waals surface area contributed by atoms with E-state index < -0.39 is 0 Å². The van der Waals surface area contributed by atoms with Gasteiger partial charge in [-0.05, 0) is 36.6 Å². The molecule has 6 nitrogen and oxygen atoms in total. The van der Waals surface area contributed by atoms with Gasteiger partial charge in [0.2, 0.25) is 0 Å². The average Bonchev–Trinajstić information content (AvgIpc) is 3.42. The van der Waals surface area contributed by atoms with Crippen LogP contribution in [0.15, 0.2) is 72.2 Å². The number of benzene rings is 2. The SMILES string of the molecule is CN=C(NCc1ccc(-n2ccnc2)c(F)c1)NC1CC(C)N(Cc2ccccc2)C1.I. The van der Waals surface area contributed by atoms with E-state index in [1.54, 1.807) is 42.5 Å². The van der Waals surface area contributed by atoms with Crippen LogP contribution in [-0.2, 0) is 13.1 Å². The predicted octanol–water partition coefficient (Wildman–Crippen LogP) is 3.96. The van der Waals surface area contributed by atoms with Gasteiger partial charge in [-0.2, -0.15) is 0 Å². The fourth-order valence-corrected chi connectivity index (χ4v) is 4.09. The maximum Gasteiger partial charge on any atom is 0.191 e. The van der Waals surface area contributed by atoms with Crippen LogP contribution in [0, 0.1) is 5.82 Å². The first-order valence-corrected chi connectivity index (χ1v) is 10.6. The molecule has 32 heavy (non-hydrogen) atoms. The van der Waals surface area contributed by atoms with Crippen LogP contribution in [0.5, 0.6) is 0 Å². The first kappa shape index (κ1) is 24.2. The number of likely N-dealkylation sites (tertiary alicyclic amines) is 1. The fraction of sp³-hybridized carbons (Fsp3) is 0.333. The summed E-state index contributed by atoms with van der Waals surface area (Å²) in [6.45, 7) is 4.68. The number of hydrogen-bond acceptors (Lipinski definition) is 3. The number of imidazole rings is 1. The lowest BCUT2D eigenvalue weighted by Gasteiger charge is -2.21. The number of guanidine groups is 1. The van der Waals surface area contributed by atoms with Crippen molar-refractivity contribution in [2.75, 3.05) is 13.6 Å². The Bertz CT molecular complexity index is 1010. The molecule has 0 amide bonds. The minimum atomic E-state index is -0.276. The van der Waals surface area contributed by atoms with Crippen molar-refractivity contribution in [3.8, 4) is 5.69 Å². The van der Waals surface area contributed by atoms with E-state index in [9.17, 15) is 4.39 Å². The molecule has 1 aromatic heterocycles. The Morgan fingerprint density at radius 2 is 2.00 bits per heavy atom. The summed E-state index contributed by atoms with van der Waals surface area (Å²) >= 11 is 0. The van der Waals surface area contributed by atoms with Crippen molar-refractivity contribution in [3.63, 3.8) is 0 Å². The Hall–Kier alpha value is -2.46. The number of aliphatic imine (C=N–C) groups is 1. The van der Waals surface area contributed by atoms with Crippen LogP contribution in [0.3, 0.4) is 0 Å². The zero-order chi connectivity index (χ0) is 21.6. The van der Waals surface area contributed by atoms with Crippen LogP contribution in [0.1, 0.15) is 24.5 Å². The Morgan fingerprint density at radius 1 is 1.19 bits per heavy atom. The molecule has 0 spiro atoms. The lowest BCUT2D eigenvalue weighted by atomic mass is 10.2. The molecule has 0 aliphatic carbocycles. The molecule has 2 atom stereocenters. The third-order valence-electron chi connectivity index (χ3n) is 5.75. The second kappa shape index (κ2) is 11.4. The molecule has 8 heteroatoms. The van der Waals surface area contributed by atoms with Crippen LogP contribution in [0.2, 0.25) is 0 Å². The standard InChI is InChI=1S/C24H29FN6.HI/c1-18-12-21(16-31(18)15-19-6-4-3-5-7-19)29-24(26-2)28-14-20-8-9-23(22(25)13-20)30-11-10-27-17-30;/h3-11,13,17-18,21H,12,14-16H2,1-2H3,(H2,26,28,29);1H. The minimum Gasteiger partial charge on any atom is -0.352 e. The minimum absolute atomic E-state index is 0. The van der Waals surface area contributed by atoms with Crippen molar-refractivity contribution in [2.24, 2.45) is 4.99 Å². The molecule has 2 aromatic carbocycles. The zero-order valence-electron chi connectivity index (χ0n) is 18.4. The van der Waals surface area contributed by atoms with E-state index in [1.807, 2.05) is 12.1 Å². The topological polar surface area (TPSA) is 57.5 Å². The van der Waals surface area contributed by atoms with Gasteiger partial charge < -0.3 is 15.2 Å². The van der Waals surface area contributed by atoms with E-state index in [-0.39, 0.29) is 29.8 Å². The van der Waals surface area contributed by atoms with Gasteiger partial charge in [-0.15, -0.1) is 24.0 Å². The summed E-state index contributed by atoms with van der Waals surface area (Å²) in [6, 6.07) is 16.6. The third-order valence-corrected chi connectivity index (χ3v) is 5.75. The molecule has 2 unspecified atom stereocenters. The molecule has 1 aliphatic rings. The van der Waals surface area contributed by atoms with Gasteiger partial charge in [0.15, 0.2) is 5.96 Å². The second-order valence-corrected chi connectivity index (χ2v) is 8.02. The quantitative estimate of drug-likeness (QED) is 0.278. The van der Waals surface area contributed by atoms with Gasteiger partial charge in [-0.25, -0.2) is 9.37 Å². The molecule has 1 fully saturated rings. The smallest absolute Gasteiger partial charge is 0.191 e. The fourth-order valence-electron chi connectivity index (χ4n) is 4.09. The molecule has 1 saturated heterocycles. The molecular weight excluding hydrogens is 518 g/mol. The zero-order valence-corrected chi connectivity index (χ0v) is 20.7. The van der Waals surface area contributed by atoms with Crippen LogP contribution in [-0.4, -0.2) is 46.1 Å². The second-order valence-electron chi connectivity index (χ2n) is 8.02. The highest BCUT2D eigenvalue weighted by Gasteiger charge is 2.29. The van der Waals surface area contributed by atoms with E-state index in [2.05, 4.69) is 56.7 Å². The highest BCUT2D eigenvalue weighted by Crippen LogP contribution is 2.20. The largest absolute Gasteiger partial charge is 0.352 e. The highest BCUT2D eigenvalue weighted by atomic mass is 127. The van der Waals surface area contributed by atoms with E-state index in [0.717, 1.165) is 31.0 Å². The van der Waals surface area contributed by atoms with Crippen molar-refractivity contribution in [3.05, 3.63) is 84.2 Å². The number of hydrogen-bond donors (Lipinski definition) is 2. The van der Waals surface area contributed by atoms with Gasteiger partial charge >= 0.3 is 0 Å². The summed E-state index contributed by atoms with van der Waals surface area (Å²) in [5.74, 6) is 0.458. The van der Waals surface area contributed by atoms with Gasteiger partial charge in [-0.1, -0.05) is 36.4 Å². The number of nitrogens with one attached hydrogen (secondary N) is 2. The molecule has 0 saturated carbocycles. The summed E-state index contributed by atoms with van der Waals surface area (Å²) in [5.41, 5.74) is 2.68. The van der Waals surface area contributed by atoms with E-state index in [4.69, 9.17) is 0 Å². The maximum atomic E-state index is 14.5. The van der Waals surface area contributed by atoms with Gasteiger partial charge in [0.05, 0.1) is 12.0 Å². The summed E-state index contributed by atoms with van der Waals surface area (Å²) in [6.07, 6.45) is 6.01. The number of rotatable bonds is 6. The molecule has 4 rings (SSSR count). The van der Waals surface area contributed by atoms with Gasteiger partial charge in [-0.3, -0.25) is 9.89 Å². The number of halogens is 2. The summed E-state index contributed by atoms with van der Waals surface area (Å²) in [7, 11) is 1.76. The Balaban J connectivity index is 0.00000289. The molecule has 1 aliphatic heterocycles. The molecule has 0 bridgehead atoms. The maximum absolute atomic E-state index is 14.5. The van der Waals surface area contributed by atoms with Crippen molar-refractivity contribution >= 4 is 29.9 Å². The first-order chi connectivity index (χ1) is 15.1. The Kier molecular flexibility index (Phi) is 8.63. The van der Waals surface area contributed by atoms with Crippen LogP contribution in [0.25, 0.3) is 5.69 Å². The molecule has 170 valence electrons. The lowest BCUT2D eigenvalue weighted by Crippen LogP contribution is -2.44. The van der Waals surface area contributed by atoms with Crippen LogP contribution in [0.4, 0.5) is 4.39 Å². The Labute approximate surface area is 206 Å². The predicted molar refractivity (Wildman–Crippen MR) is 137 cm³/mol. The van der Waals surface area contributed by atoms with Crippen LogP contribution < -0.4 is 10.6 Å². The third kappa shape index (κ3) is 6.07. The summed E-state index contributed by atoms with van der Waals surface area (Å²) in [4.78, 5) is 10.8. The van der Waals surface area contributed by atoms with E-state index in [0.29, 0.717) is 24.3 Å².